The maximum atomic E-state index is 14.8. The molecule has 1 unspecified atom stereocenters. The summed E-state index contributed by atoms with van der Waals surface area (Å²) in [4.78, 5) is 11.6. The molecule has 1 amide bonds. The lowest BCUT2D eigenvalue weighted by atomic mass is 9.78. The van der Waals surface area contributed by atoms with E-state index in [0.29, 0.717) is 29.6 Å². The SMILES string of the molecule is C[C@@H](Oc1cc(B2OC(C)(C)C(C)(C)O2)cc2nn(C)c(F)c12)C1CNC(=O)C1. The number of halogens is 1. The van der Waals surface area contributed by atoms with Crippen LogP contribution in [-0.2, 0) is 21.2 Å². The molecule has 2 aromatic rings. The van der Waals surface area contributed by atoms with E-state index in [1.807, 2.05) is 34.6 Å². The van der Waals surface area contributed by atoms with Crippen LogP contribution in [0, 0.1) is 11.9 Å². The maximum Gasteiger partial charge on any atom is 0.495 e. The van der Waals surface area contributed by atoms with Gasteiger partial charge in [0, 0.05) is 25.9 Å². The largest absolute Gasteiger partial charge is 0.495 e. The summed E-state index contributed by atoms with van der Waals surface area (Å²) in [6.07, 6.45) is 0.127. The van der Waals surface area contributed by atoms with Crippen LogP contribution in [-0.4, -0.2) is 46.7 Å². The zero-order chi connectivity index (χ0) is 21.1. The zero-order valence-electron chi connectivity index (χ0n) is 17.7. The fraction of sp³-hybridized carbons (Fsp3) is 0.600. The number of ether oxygens (including phenoxy) is 1. The molecular formula is C20H27BFN3O4. The van der Waals surface area contributed by atoms with Gasteiger partial charge >= 0.3 is 7.12 Å². The number of fused-ring (bicyclic) bond motifs is 1. The van der Waals surface area contributed by atoms with E-state index >= 15 is 0 Å². The van der Waals surface area contributed by atoms with Gasteiger partial charge in [-0.1, -0.05) is 0 Å². The molecule has 0 radical (unpaired) electrons. The van der Waals surface area contributed by atoms with Gasteiger partial charge in [0.15, 0.2) is 0 Å². The molecule has 156 valence electrons. The Bertz CT molecular complexity index is 958. The monoisotopic (exact) mass is 403 g/mol. The molecule has 2 saturated heterocycles. The van der Waals surface area contributed by atoms with Crippen molar-refractivity contribution in [2.75, 3.05) is 6.54 Å². The zero-order valence-corrected chi connectivity index (χ0v) is 17.7. The third-order valence-electron chi connectivity index (χ3n) is 6.36. The molecule has 0 aliphatic carbocycles. The number of benzene rings is 1. The molecule has 29 heavy (non-hydrogen) atoms. The molecule has 0 bridgehead atoms. The van der Waals surface area contributed by atoms with Crippen LogP contribution >= 0.6 is 0 Å². The van der Waals surface area contributed by atoms with Crippen LogP contribution in [0.15, 0.2) is 12.1 Å². The van der Waals surface area contributed by atoms with Crippen LogP contribution in [0.25, 0.3) is 10.9 Å². The van der Waals surface area contributed by atoms with Crippen LogP contribution in [0.2, 0.25) is 0 Å². The lowest BCUT2D eigenvalue weighted by Crippen LogP contribution is -2.41. The van der Waals surface area contributed by atoms with E-state index in [1.165, 1.54) is 4.68 Å². The molecule has 3 heterocycles. The van der Waals surface area contributed by atoms with Gasteiger partial charge in [0.2, 0.25) is 11.9 Å². The standard InChI is InChI=1S/C20H27BFN3O4/c1-11(12-7-16(26)23-10-12)27-15-9-13(8-14-17(15)18(22)25(6)24-14)21-28-19(2,3)20(4,5)29-21/h8-9,11-12H,7,10H2,1-6H3,(H,23,26)/t11-,12?/m1/s1. The first-order chi connectivity index (χ1) is 13.5. The number of nitrogens with zero attached hydrogens (tertiary/aromatic N) is 2. The van der Waals surface area contributed by atoms with Crippen LogP contribution < -0.4 is 15.5 Å². The molecule has 9 heteroatoms. The lowest BCUT2D eigenvalue weighted by molar-refractivity contribution is -0.119. The molecule has 2 aliphatic rings. The molecule has 1 aromatic carbocycles. The first-order valence-corrected chi connectivity index (χ1v) is 9.93. The second kappa shape index (κ2) is 6.70. The van der Waals surface area contributed by atoms with Crippen molar-refractivity contribution < 1.29 is 23.2 Å². The van der Waals surface area contributed by atoms with Gasteiger partial charge in [0.1, 0.15) is 11.9 Å². The van der Waals surface area contributed by atoms with Gasteiger partial charge in [-0.15, -0.1) is 0 Å². The number of aryl methyl sites for hydroxylation is 1. The predicted molar refractivity (Wildman–Crippen MR) is 108 cm³/mol. The van der Waals surface area contributed by atoms with Crippen molar-refractivity contribution in [2.24, 2.45) is 13.0 Å². The Morgan fingerprint density at radius 1 is 1.31 bits per heavy atom. The Labute approximate surface area is 170 Å². The minimum Gasteiger partial charge on any atom is -0.489 e. The molecule has 2 atom stereocenters. The average Bonchev–Trinajstić information content (AvgIpc) is 3.23. The second-order valence-electron chi connectivity index (χ2n) is 9.01. The van der Waals surface area contributed by atoms with E-state index < -0.39 is 24.3 Å². The van der Waals surface area contributed by atoms with Crippen molar-refractivity contribution in [2.45, 2.75) is 58.3 Å². The molecule has 0 spiro atoms. The first kappa shape index (κ1) is 20.2. The topological polar surface area (TPSA) is 74.6 Å². The average molecular weight is 403 g/mol. The van der Waals surface area contributed by atoms with E-state index in [9.17, 15) is 9.18 Å². The highest BCUT2D eigenvalue weighted by atomic mass is 19.1. The predicted octanol–water partition coefficient (Wildman–Crippen LogP) is 1.91. The van der Waals surface area contributed by atoms with Gasteiger partial charge in [-0.05, 0) is 52.2 Å². The van der Waals surface area contributed by atoms with Gasteiger partial charge in [0.25, 0.3) is 0 Å². The van der Waals surface area contributed by atoms with E-state index in [4.69, 9.17) is 14.0 Å². The normalized spacial score (nSPS) is 24.2. The maximum absolute atomic E-state index is 14.8. The summed E-state index contributed by atoms with van der Waals surface area (Å²) in [5.74, 6) is -0.0557. The van der Waals surface area contributed by atoms with Crippen LogP contribution in [0.1, 0.15) is 41.0 Å². The van der Waals surface area contributed by atoms with E-state index in [0.717, 1.165) is 5.46 Å². The summed E-state index contributed by atoms with van der Waals surface area (Å²) in [5.41, 5.74) is 0.204. The van der Waals surface area contributed by atoms with Gasteiger partial charge in [0.05, 0.1) is 22.1 Å². The molecule has 4 rings (SSSR count). The third kappa shape index (κ3) is 3.40. The van der Waals surface area contributed by atoms with Crippen molar-refractivity contribution in [3.63, 3.8) is 0 Å². The Balaban J connectivity index is 1.72. The number of aromatic nitrogens is 2. The molecule has 2 aliphatic heterocycles. The van der Waals surface area contributed by atoms with Crippen molar-refractivity contribution in [1.82, 2.24) is 15.1 Å². The number of carbonyl (C=O) groups is 1. The molecule has 1 aromatic heterocycles. The Morgan fingerprint density at radius 3 is 2.55 bits per heavy atom. The van der Waals surface area contributed by atoms with E-state index in [-0.39, 0.29) is 17.9 Å². The van der Waals surface area contributed by atoms with Gasteiger partial charge in [-0.2, -0.15) is 9.49 Å². The summed E-state index contributed by atoms with van der Waals surface area (Å²) in [6, 6.07) is 3.54. The lowest BCUT2D eigenvalue weighted by Gasteiger charge is -2.32. The minimum atomic E-state index is -0.609. The Kier molecular flexibility index (Phi) is 4.66. The quantitative estimate of drug-likeness (QED) is 0.790. The van der Waals surface area contributed by atoms with Crippen molar-refractivity contribution in [3.05, 3.63) is 18.1 Å². The number of amides is 1. The number of carbonyl (C=O) groups excluding carboxylic acids is 1. The van der Waals surface area contributed by atoms with Crippen LogP contribution in [0.4, 0.5) is 4.39 Å². The first-order valence-electron chi connectivity index (χ1n) is 9.93. The fourth-order valence-electron chi connectivity index (χ4n) is 3.74. The Hall–Kier alpha value is -2.13. The summed E-state index contributed by atoms with van der Waals surface area (Å²) >= 11 is 0. The molecule has 7 nitrogen and oxygen atoms in total. The van der Waals surface area contributed by atoms with Crippen LogP contribution in [0.3, 0.4) is 0 Å². The van der Waals surface area contributed by atoms with Crippen molar-refractivity contribution >= 4 is 29.4 Å². The van der Waals surface area contributed by atoms with E-state index in [1.54, 1.807) is 19.2 Å². The van der Waals surface area contributed by atoms with Gasteiger partial charge in [-0.3, -0.25) is 4.79 Å². The number of nitrogens with one attached hydrogen (secondary N) is 1. The number of hydrogen-bond donors (Lipinski definition) is 1. The fourth-order valence-corrected chi connectivity index (χ4v) is 3.74. The highest BCUT2D eigenvalue weighted by Gasteiger charge is 2.52. The highest BCUT2D eigenvalue weighted by Crippen LogP contribution is 2.37. The third-order valence-corrected chi connectivity index (χ3v) is 6.36. The highest BCUT2D eigenvalue weighted by molar-refractivity contribution is 6.62. The van der Waals surface area contributed by atoms with Crippen molar-refractivity contribution in [1.29, 1.82) is 0 Å². The number of hydrogen-bond acceptors (Lipinski definition) is 5. The summed E-state index contributed by atoms with van der Waals surface area (Å²) < 4.78 is 34.4. The summed E-state index contributed by atoms with van der Waals surface area (Å²) in [6.45, 7) is 10.4. The second-order valence-corrected chi connectivity index (χ2v) is 9.01. The van der Waals surface area contributed by atoms with E-state index in [2.05, 4.69) is 10.4 Å². The Morgan fingerprint density at radius 2 is 1.97 bits per heavy atom. The molecule has 2 fully saturated rings. The summed E-state index contributed by atoms with van der Waals surface area (Å²) in [7, 11) is 0.943. The molecular weight excluding hydrogens is 376 g/mol. The van der Waals surface area contributed by atoms with Gasteiger partial charge < -0.3 is 19.4 Å². The van der Waals surface area contributed by atoms with Crippen molar-refractivity contribution in [3.8, 4) is 5.75 Å². The smallest absolute Gasteiger partial charge is 0.489 e. The summed E-state index contributed by atoms with van der Waals surface area (Å²) in [5, 5.41) is 7.41. The minimum absolute atomic E-state index is 0.00845. The number of rotatable bonds is 4. The van der Waals surface area contributed by atoms with Gasteiger partial charge in [-0.25, -0.2) is 4.68 Å². The van der Waals surface area contributed by atoms with Crippen LogP contribution in [0.5, 0.6) is 5.75 Å². The molecule has 1 N–H and O–H groups in total. The molecule has 0 saturated carbocycles.